The zero-order valence-corrected chi connectivity index (χ0v) is 15.6. The lowest BCUT2D eigenvalue weighted by molar-refractivity contribution is -0.136. The van der Waals surface area contributed by atoms with E-state index in [9.17, 15) is 18.3 Å². The predicted molar refractivity (Wildman–Crippen MR) is 110 cm³/mol. The van der Waals surface area contributed by atoms with E-state index in [1.807, 2.05) is 6.07 Å². The lowest BCUT2D eigenvalue weighted by atomic mass is 10.1. The highest BCUT2D eigenvalue weighted by molar-refractivity contribution is 6.02. The van der Waals surface area contributed by atoms with Crippen LogP contribution in [0.25, 0.3) is 10.9 Å². The van der Waals surface area contributed by atoms with Gasteiger partial charge in [-0.2, -0.15) is 13.2 Å². The molecule has 152 valence electrons. The molecule has 3 N–H and O–H groups in total. The van der Waals surface area contributed by atoms with E-state index >= 15 is 0 Å². The lowest BCUT2D eigenvalue weighted by Gasteiger charge is -2.15. The second-order valence-corrected chi connectivity index (χ2v) is 6.59. The van der Waals surface area contributed by atoms with E-state index in [-0.39, 0.29) is 23.8 Å². The number of hydrogen-bond acceptors (Lipinski definition) is 4. The minimum atomic E-state index is -4.55. The summed E-state index contributed by atoms with van der Waals surface area (Å²) < 4.78 is 40.8. The van der Waals surface area contributed by atoms with Crippen LogP contribution in [0, 0.1) is 0 Å². The van der Waals surface area contributed by atoms with Crippen molar-refractivity contribution in [1.29, 1.82) is 0 Å². The Kier molecular flexibility index (Phi) is 5.14. The third-order valence-electron chi connectivity index (χ3n) is 4.56. The zero-order valence-electron chi connectivity index (χ0n) is 15.6. The minimum absolute atomic E-state index is 0.0537. The number of aliphatic imine (C=N–C) groups is 1. The van der Waals surface area contributed by atoms with Crippen LogP contribution < -0.4 is 5.32 Å². The summed E-state index contributed by atoms with van der Waals surface area (Å²) in [5.74, 6) is -0.0929. The number of rotatable bonds is 5. The molecule has 4 rings (SSSR count). The molecule has 0 fully saturated rings. The first-order valence-electron chi connectivity index (χ1n) is 9.10. The first kappa shape index (κ1) is 19.5. The average Bonchev–Trinajstić information content (AvgIpc) is 3.06. The van der Waals surface area contributed by atoms with Crippen molar-refractivity contribution < 1.29 is 18.3 Å². The van der Waals surface area contributed by atoms with Crippen LogP contribution in [0.15, 0.2) is 71.9 Å². The number of nitrogens with zero attached hydrogens (tertiary/aromatic N) is 2. The fourth-order valence-electron chi connectivity index (χ4n) is 3.11. The molecule has 0 aliphatic rings. The number of halogens is 3. The number of benzene rings is 2. The number of para-hydroxylation sites is 1. The predicted octanol–water partition coefficient (Wildman–Crippen LogP) is 5.65. The van der Waals surface area contributed by atoms with Crippen LogP contribution in [0.5, 0.6) is 5.88 Å². The number of fused-ring (bicyclic) bond motifs is 1. The van der Waals surface area contributed by atoms with Gasteiger partial charge in [-0.05, 0) is 36.4 Å². The van der Waals surface area contributed by atoms with Crippen molar-refractivity contribution >= 4 is 28.5 Å². The third kappa shape index (κ3) is 4.12. The van der Waals surface area contributed by atoms with Gasteiger partial charge >= 0.3 is 6.18 Å². The summed E-state index contributed by atoms with van der Waals surface area (Å²) >= 11 is 0. The van der Waals surface area contributed by atoms with Crippen molar-refractivity contribution in [3.63, 3.8) is 0 Å². The fourth-order valence-corrected chi connectivity index (χ4v) is 3.11. The summed E-state index contributed by atoms with van der Waals surface area (Å²) in [7, 11) is 0. The van der Waals surface area contributed by atoms with Gasteiger partial charge in [0.15, 0.2) is 5.88 Å². The molecular formula is C22H17F3N4O. The molecule has 0 aliphatic carbocycles. The Morgan fingerprint density at radius 1 is 1.07 bits per heavy atom. The van der Waals surface area contributed by atoms with Crippen LogP contribution in [0.3, 0.4) is 0 Å². The summed E-state index contributed by atoms with van der Waals surface area (Å²) in [4.78, 5) is 11.1. The number of nitrogens with one attached hydrogen (secondary N) is 2. The number of aromatic nitrogens is 2. The topological polar surface area (TPSA) is 73.3 Å². The SMILES string of the molecule is Oc1[nH]c2ccccc2c1C=Nc1ccc(NCc2ccccn2)c(C(F)(F)F)c1. The van der Waals surface area contributed by atoms with Crippen molar-refractivity contribution in [1.82, 2.24) is 9.97 Å². The maximum absolute atomic E-state index is 13.6. The molecule has 0 atom stereocenters. The van der Waals surface area contributed by atoms with Crippen LogP contribution in [0.1, 0.15) is 16.8 Å². The minimum Gasteiger partial charge on any atom is -0.494 e. The van der Waals surface area contributed by atoms with Gasteiger partial charge in [-0.3, -0.25) is 9.98 Å². The van der Waals surface area contributed by atoms with Gasteiger partial charge in [-0.1, -0.05) is 24.3 Å². The molecular weight excluding hydrogens is 393 g/mol. The highest BCUT2D eigenvalue weighted by atomic mass is 19.4. The molecule has 0 aliphatic heterocycles. The Morgan fingerprint density at radius 2 is 1.87 bits per heavy atom. The molecule has 4 aromatic rings. The first-order chi connectivity index (χ1) is 14.4. The van der Waals surface area contributed by atoms with E-state index in [1.165, 1.54) is 18.3 Å². The van der Waals surface area contributed by atoms with Crippen LogP contribution in [0.4, 0.5) is 24.5 Å². The number of H-pyrrole nitrogens is 1. The van der Waals surface area contributed by atoms with Crippen molar-refractivity contribution in [3.05, 3.63) is 83.7 Å². The largest absolute Gasteiger partial charge is 0.494 e. The smallest absolute Gasteiger partial charge is 0.418 e. The quantitative estimate of drug-likeness (QED) is 0.372. The molecule has 0 saturated carbocycles. The lowest BCUT2D eigenvalue weighted by Crippen LogP contribution is -2.11. The molecule has 0 unspecified atom stereocenters. The third-order valence-corrected chi connectivity index (χ3v) is 4.56. The molecule has 30 heavy (non-hydrogen) atoms. The van der Waals surface area contributed by atoms with Gasteiger partial charge < -0.3 is 15.4 Å². The molecule has 0 spiro atoms. The Balaban J connectivity index is 1.62. The van der Waals surface area contributed by atoms with E-state index in [0.29, 0.717) is 16.8 Å². The van der Waals surface area contributed by atoms with Crippen molar-refractivity contribution in [3.8, 4) is 5.88 Å². The second-order valence-electron chi connectivity index (χ2n) is 6.59. The number of aromatic hydroxyl groups is 1. The van der Waals surface area contributed by atoms with Crippen molar-refractivity contribution in [2.75, 3.05) is 5.32 Å². The molecule has 0 radical (unpaired) electrons. The monoisotopic (exact) mass is 410 g/mol. The number of aromatic amines is 1. The Morgan fingerprint density at radius 3 is 2.63 bits per heavy atom. The average molecular weight is 410 g/mol. The summed E-state index contributed by atoms with van der Waals surface area (Å²) in [6.07, 6.45) is -1.62. The van der Waals surface area contributed by atoms with Gasteiger partial charge in [0.05, 0.1) is 29.1 Å². The molecule has 2 aromatic carbocycles. The van der Waals surface area contributed by atoms with Crippen LogP contribution in [-0.2, 0) is 12.7 Å². The summed E-state index contributed by atoms with van der Waals surface area (Å²) in [5.41, 5.74) is 0.995. The second kappa shape index (κ2) is 7.90. The highest BCUT2D eigenvalue weighted by Gasteiger charge is 2.33. The number of hydrogen-bond donors (Lipinski definition) is 3. The zero-order chi connectivity index (χ0) is 21.1. The maximum atomic E-state index is 13.6. The maximum Gasteiger partial charge on any atom is 0.418 e. The summed E-state index contributed by atoms with van der Waals surface area (Å²) in [5, 5.41) is 13.6. The van der Waals surface area contributed by atoms with Gasteiger partial charge in [-0.15, -0.1) is 0 Å². The molecule has 2 aromatic heterocycles. The van der Waals surface area contributed by atoms with Crippen LogP contribution in [-0.4, -0.2) is 21.3 Å². The fraction of sp³-hybridized carbons (Fsp3) is 0.0909. The van der Waals surface area contributed by atoms with Crippen LogP contribution >= 0.6 is 0 Å². The first-order valence-corrected chi connectivity index (χ1v) is 9.10. The number of pyridine rings is 1. The van der Waals surface area contributed by atoms with Gasteiger partial charge in [0.1, 0.15) is 0 Å². The Bertz CT molecular complexity index is 1200. The summed E-state index contributed by atoms with van der Waals surface area (Å²) in [6.45, 7) is 0.162. The van der Waals surface area contributed by atoms with Gasteiger partial charge in [0.2, 0.25) is 0 Å². The standard InChI is InChI=1S/C22H17F3N4O/c23-22(24,25)18-11-14(8-9-20(18)28-12-15-5-3-4-10-26-15)27-13-17-16-6-1-2-7-19(16)29-21(17)30/h1-11,13,28-30H,12H2. The molecule has 0 saturated heterocycles. The molecule has 2 heterocycles. The summed E-state index contributed by atoms with van der Waals surface area (Å²) in [6, 6.07) is 16.2. The van der Waals surface area contributed by atoms with E-state index < -0.39 is 11.7 Å². The Hall–Kier alpha value is -3.81. The molecule has 0 bridgehead atoms. The van der Waals surface area contributed by atoms with E-state index in [0.717, 1.165) is 11.5 Å². The molecule has 8 heteroatoms. The normalized spacial score (nSPS) is 12.0. The molecule has 5 nitrogen and oxygen atoms in total. The number of anilines is 1. The highest BCUT2D eigenvalue weighted by Crippen LogP contribution is 2.37. The van der Waals surface area contributed by atoms with Gasteiger partial charge in [0, 0.05) is 29.0 Å². The van der Waals surface area contributed by atoms with Gasteiger partial charge in [0.25, 0.3) is 0 Å². The number of alkyl halides is 3. The van der Waals surface area contributed by atoms with Crippen LogP contribution in [0.2, 0.25) is 0 Å². The molecule has 0 amide bonds. The van der Waals surface area contributed by atoms with Crippen molar-refractivity contribution in [2.45, 2.75) is 12.7 Å². The van der Waals surface area contributed by atoms with E-state index in [1.54, 1.807) is 42.6 Å². The van der Waals surface area contributed by atoms with Gasteiger partial charge in [-0.25, -0.2) is 0 Å². The van der Waals surface area contributed by atoms with E-state index in [4.69, 9.17) is 0 Å². The van der Waals surface area contributed by atoms with Crippen molar-refractivity contribution in [2.24, 2.45) is 4.99 Å². The Labute approximate surface area is 169 Å². The van der Waals surface area contributed by atoms with E-state index in [2.05, 4.69) is 20.3 Å².